The molecular weight excluding hydrogens is 294 g/mol. The standard InChI is InChI=1S/C18H29NO4/c1-13-8-14(2)10-19(9-13)11-15(20)12-23-18-16(21-3)6-5-7-17(18)22-4/h5-7,13-15,20H,8-12H2,1-4H3. The predicted octanol–water partition coefficient (Wildman–Crippen LogP) is 2.42. The molecule has 1 aromatic carbocycles. The SMILES string of the molecule is COc1cccc(OC)c1OCC(O)CN1CC(C)CC(C)C1. The van der Waals surface area contributed by atoms with Crippen LogP contribution in [0.1, 0.15) is 20.3 Å². The number of rotatable bonds is 7. The molecule has 0 radical (unpaired) electrons. The number of likely N-dealkylation sites (tertiary alicyclic amines) is 1. The summed E-state index contributed by atoms with van der Waals surface area (Å²) in [7, 11) is 3.18. The molecule has 1 aromatic rings. The van der Waals surface area contributed by atoms with E-state index in [2.05, 4.69) is 18.7 Å². The molecule has 1 aliphatic rings. The van der Waals surface area contributed by atoms with Crippen LogP contribution in [0.5, 0.6) is 17.2 Å². The topological polar surface area (TPSA) is 51.2 Å². The summed E-state index contributed by atoms with van der Waals surface area (Å²) in [4.78, 5) is 2.33. The molecule has 0 amide bonds. The average molecular weight is 323 g/mol. The van der Waals surface area contributed by atoms with E-state index in [9.17, 15) is 5.11 Å². The number of nitrogens with zero attached hydrogens (tertiary/aromatic N) is 1. The van der Waals surface area contributed by atoms with Crippen molar-refractivity contribution >= 4 is 0 Å². The number of hydrogen-bond acceptors (Lipinski definition) is 5. The molecule has 0 aliphatic carbocycles. The van der Waals surface area contributed by atoms with Crippen molar-refractivity contribution in [3.8, 4) is 17.2 Å². The lowest BCUT2D eigenvalue weighted by molar-refractivity contribution is 0.0416. The normalized spacial score (nSPS) is 23.3. The van der Waals surface area contributed by atoms with E-state index < -0.39 is 6.10 Å². The lowest BCUT2D eigenvalue weighted by Gasteiger charge is -2.35. The highest BCUT2D eigenvalue weighted by Gasteiger charge is 2.24. The van der Waals surface area contributed by atoms with Crippen LogP contribution in [0.3, 0.4) is 0 Å². The van der Waals surface area contributed by atoms with Gasteiger partial charge in [-0.3, -0.25) is 0 Å². The van der Waals surface area contributed by atoms with Gasteiger partial charge in [-0.2, -0.15) is 0 Å². The summed E-state index contributed by atoms with van der Waals surface area (Å²) >= 11 is 0. The molecule has 1 fully saturated rings. The summed E-state index contributed by atoms with van der Waals surface area (Å²) in [5.41, 5.74) is 0. The Morgan fingerprint density at radius 1 is 1.13 bits per heavy atom. The van der Waals surface area contributed by atoms with E-state index in [1.54, 1.807) is 14.2 Å². The number of β-amino-alcohol motifs (C(OH)–C–C–N with tert-alkyl or cyclic N) is 1. The Hall–Kier alpha value is -1.46. The van der Waals surface area contributed by atoms with Gasteiger partial charge in [0.05, 0.1) is 14.2 Å². The van der Waals surface area contributed by atoms with Crippen LogP contribution in [-0.2, 0) is 0 Å². The molecule has 1 N–H and O–H groups in total. The molecule has 5 heteroatoms. The first-order valence-electron chi connectivity index (χ1n) is 8.27. The molecule has 23 heavy (non-hydrogen) atoms. The minimum Gasteiger partial charge on any atom is -0.493 e. The lowest BCUT2D eigenvalue weighted by atomic mass is 9.92. The first kappa shape index (κ1) is 17.9. The average Bonchev–Trinajstić information content (AvgIpc) is 2.51. The second-order valence-corrected chi connectivity index (χ2v) is 6.62. The van der Waals surface area contributed by atoms with Crippen LogP contribution in [0.15, 0.2) is 18.2 Å². The minimum absolute atomic E-state index is 0.218. The number of piperidine rings is 1. The van der Waals surface area contributed by atoms with E-state index in [-0.39, 0.29) is 6.61 Å². The summed E-state index contributed by atoms with van der Waals surface area (Å²) in [6.45, 7) is 7.47. The summed E-state index contributed by atoms with van der Waals surface area (Å²) < 4.78 is 16.4. The highest BCUT2D eigenvalue weighted by molar-refractivity contribution is 5.51. The molecule has 5 nitrogen and oxygen atoms in total. The smallest absolute Gasteiger partial charge is 0.203 e. The zero-order valence-electron chi connectivity index (χ0n) is 14.6. The number of benzene rings is 1. The first-order valence-corrected chi connectivity index (χ1v) is 8.27. The Morgan fingerprint density at radius 2 is 1.70 bits per heavy atom. The number of ether oxygens (including phenoxy) is 3. The van der Waals surface area contributed by atoms with E-state index >= 15 is 0 Å². The fraction of sp³-hybridized carbons (Fsp3) is 0.667. The molecule has 130 valence electrons. The monoisotopic (exact) mass is 323 g/mol. The maximum Gasteiger partial charge on any atom is 0.203 e. The predicted molar refractivity (Wildman–Crippen MR) is 90.4 cm³/mol. The maximum atomic E-state index is 10.3. The molecule has 1 aliphatic heterocycles. The number of aliphatic hydroxyl groups is 1. The fourth-order valence-electron chi connectivity index (χ4n) is 3.43. The highest BCUT2D eigenvalue weighted by atomic mass is 16.5. The van der Waals surface area contributed by atoms with E-state index in [4.69, 9.17) is 14.2 Å². The van der Waals surface area contributed by atoms with Crippen LogP contribution >= 0.6 is 0 Å². The minimum atomic E-state index is -0.540. The Morgan fingerprint density at radius 3 is 2.22 bits per heavy atom. The van der Waals surface area contributed by atoms with Gasteiger partial charge in [0.25, 0.3) is 0 Å². The molecular formula is C18H29NO4. The van der Waals surface area contributed by atoms with Gasteiger partial charge in [-0.15, -0.1) is 0 Å². The highest BCUT2D eigenvalue weighted by Crippen LogP contribution is 2.36. The van der Waals surface area contributed by atoms with E-state index in [1.807, 2.05) is 18.2 Å². The molecule has 0 spiro atoms. The van der Waals surface area contributed by atoms with E-state index in [0.717, 1.165) is 13.1 Å². The lowest BCUT2D eigenvalue weighted by Crippen LogP contribution is -2.44. The van der Waals surface area contributed by atoms with E-state index in [0.29, 0.717) is 35.6 Å². The summed E-state index contributed by atoms with van der Waals surface area (Å²) in [5.74, 6) is 3.12. The summed E-state index contributed by atoms with van der Waals surface area (Å²) in [5, 5.41) is 10.3. The summed E-state index contributed by atoms with van der Waals surface area (Å²) in [6, 6.07) is 5.48. The second-order valence-electron chi connectivity index (χ2n) is 6.62. The fourth-order valence-corrected chi connectivity index (χ4v) is 3.43. The summed E-state index contributed by atoms with van der Waals surface area (Å²) in [6.07, 6.45) is 0.726. The van der Waals surface area contributed by atoms with Crippen molar-refractivity contribution in [1.82, 2.24) is 4.90 Å². The zero-order valence-corrected chi connectivity index (χ0v) is 14.6. The Balaban J connectivity index is 1.90. The van der Waals surface area contributed by atoms with Gasteiger partial charge in [0.15, 0.2) is 11.5 Å². The molecule has 0 bridgehead atoms. The van der Waals surface area contributed by atoms with Gasteiger partial charge in [-0.1, -0.05) is 19.9 Å². The van der Waals surface area contributed by atoms with Gasteiger partial charge in [-0.25, -0.2) is 0 Å². The van der Waals surface area contributed by atoms with Crippen molar-refractivity contribution in [1.29, 1.82) is 0 Å². The largest absolute Gasteiger partial charge is 0.493 e. The molecule has 2 rings (SSSR count). The van der Waals surface area contributed by atoms with Gasteiger partial charge in [0.2, 0.25) is 5.75 Å². The van der Waals surface area contributed by atoms with Crippen LogP contribution in [0, 0.1) is 11.8 Å². The van der Waals surface area contributed by atoms with Crippen molar-refractivity contribution in [2.45, 2.75) is 26.4 Å². The first-order chi connectivity index (χ1) is 11.0. The number of para-hydroxylation sites is 1. The van der Waals surface area contributed by atoms with Gasteiger partial charge in [-0.05, 0) is 30.4 Å². The number of methoxy groups -OCH3 is 2. The third kappa shape index (κ3) is 5.01. The van der Waals surface area contributed by atoms with Crippen molar-refractivity contribution in [3.05, 3.63) is 18.2 Å². The van der Waals surface area contributed by atoms with Crippen LogP contribution in [0.2, 0.25) is 0 Å². The molecule has 0 saturated carbocycles. The number of aliphatic hydroxyl groups excluding tert-OH is 1. The molecule has 3 atom stereocenters. The third-order valence-electron chi connectivity index (χ3n) is 4.22. The Labute approximate surface area is 139 Å². The molecule has 0 aromatic heterocycles. The van der Waals surface area contributed by atoms with Crippen LogP contribution < -0.4 is 14.2 Å². The van der Waals surface area contributed by atoms with Crippen molar-refractivity contribution in [2.24, 2.45) is 11.8 Å². The van der Waals surface area contributed by atoms with Crippen LogP contribution in [0.25, 0.3) is 0 Å². The van der Waals surface area contributed by atoms with Gasteiger partial charge >= 0.3 is 0 Å². The van der Waals surface area contributed by atoms with Crippen molar-refractivity contribution in [3.63, 3.8) is 0 Å². The van der Waals surface area contributed by atoms with Crippen molar-refractivity contribution in [2.75, 3.05) is 40.5 Å². The van der Waals surface area contributed by atoms with Gasteiger partial charge in [0, 0.05) is 19.6 Å². The molecule has 1 saturated heterocycles. The van der Waals surface area contributed by atoms with E-state index in [1.165, 1.54) is 6.42 Å². The molecule has 3 unspecified atom stereocenters. The van der Waals surface area contributed by atoms with Gasteiger partial charge in [0.1, 0.15) is 12.7 Å². The van der Waals surface area contributed by atoms with Crippen LogP contribution in [0.4, 0.5) is 0 Å². The quantitative estimate of drug-likeness (QED) is 0.835. The maximum absolute atomic E-state index is 10.3. The van der Waals surface area contributed by atoms with Crippen molar-refractivity contribution < 1.29 is 19.3 Å². The number of hydrogen-bond donors (Lipinski definition) is 1. The Bertz CT molecular complexity index is 462. The third-order valence-corrected chi connectivity index (χ3v) is 4.22. The van der Waals surface area contributed by atoms with Crippen LogP contribution in [-0.4, -0.2) is 56.6 Å². The molecule has 1 heterocycles. The second kappa shape index (κ2) is 8.41. The van der Waals surface area contributed by atoms with Gasteiger partial charge < -0.3 is 24.2 Å². The zero-order chi connectivity index (χ0) is 16.8. The Kier molecular flexibility index (Phi) is 6.54.